The molecule has 0 spiro atoms. The van der Waals surface area contributed by atoms with Crippen LogP contribution in [-0.4, -0.2) is 17.7 Å². The number of carbonyl (C=O) groups excluding carboxylic acids is 1. The van der Waals surface area contributed by atoms with Gasteiger partial charge in [0.1, 0.15) is 10.8 Å². The normalized spacial score (nSPS) is 13.1. The van der Waals surface area contributed by atoms with Crippen molar-refractivity contribution in [2.75, 3.05) is 12.4 Å². The van der Waals surface area contributed by atoms with Gasteiger partial charge >= 0.3 is 6.03 Å². The zero-order valence-corrected chi connectivity index (χ0v) is 16.1. The summed E-state index contributed by atoms with van der Waals surface area (Å²) in [4.78, 5) is 13.9. The molecule has 2 N–H and O–H groups in total. The molecule has 140 valence electrons. The van der Waals surface area contributed by atoms with Crippen LogP contribution < -0.4 is 15.4 Å². The molecule has 2 aromatic heterocycles. The van der Waals surface area contributed by atoms with Gasteiger partial charge in [0.15, 0.2) is 0 Å². The van der Waals surface area contributed by atoms with Crippen molar-refractivity contribution in [1.29, 1.82) is 0 Å². The molecule has 1 aliphatic carbocycles. The topological polar surface area (TPSA) is 55.3 Å². The molecule has 0 radical (unpaired) electrons. The average Bonchev–Trinajstić information content (AvgIpc) is 3.34. The van der Waals surface area contributed by atoms with Crippen LogP contribution in [0.5, 0.6) is 5.75 Å². The van der Waals surface area contributed by atoms with Gasteiger partial charge in [0, 0.05) is 41.1 Å². The van der Waals surface area contributed by atoms with Crippen LogP contribution in [0.4, 0.5) is 10.5 Å². The summed E-state index contributed by atoms with van der Waals surface area (Å²) in [6.45, 7) is 0.523. The Morgan fingerprint density at radius 1 is 1.19 bits per heavy atom. The number of urea groups is 1. The van der Waals surface area contributed by atoms with Crippen LogP contribution in [-0.2, 0) is 19.4 Å². The van der Waals surface area contributed by atoms with E-state index < -0.39 is 0 Å². The zero-order chi connectivity index (χ0) is 18.6. The van der Waals surface area contributed by atoms with E-state index in [4.69, 9.17) is 4.74 Å². The molecule has 2 heterocycles. The highest BCUT2D eigenvalue weighted by Gasteiger charge is 2.21. The van der Waals surface area contributed by atoms with Crippen LogP contribution in [0.2, 0.25) is 0 Å². The van der Waals surface area contributed by atoms with Crippen LogP contribution in [0, 0.1) is 0 Å². The number of amides is 2. The lowest BCUT2D eigenvalue weighted by Crippen LogP contribution is -2.28. The van der Waals surface area contributed by atoms with Gasteiger partial charge in [-0.05, 0) is 55.5 Å². The van der Waals surface area contributed by atoms with Crippen LogP contribution >= 0.6 is 11.3 Å². The first-order chi connectivity index (χ1) is 13.2. The highest BCUT2D eigenvalue weighted by Crippen LogP contribution is 2.36. The third kappa shape index (κ3) is 3.85. The first kappa shape index (κ1) is 17.7. The minimum atomic E-state index is -0.211. The van der Waals surface area contributed by atoms with E-state index in [2.05, 4.69) is 27.6 Å². The molecule has 0 saturated heterocycles. The summed E-state index contributed by atoms with van der Waals surface area (Å²) in [7, 11) is 1.61. The van der Waals surface area contributed by atoms with Gasteiger partial charge in [-0.2, -0.15) is 0 Å². The lowest BCUT2D eigenvalue weighted by Gasteiger charge is -2.14. The fourth-order valence-corrected chi connectivity index (χ4v) is 4.90. The number of fused-ring (bicyclic) bond motifs is 1. The van der Waals surface area contributed by atoms with E-state index in [0.29, 0.717) is 12.2 Å². The molecule has 0 aliphatic heterocycles. The Kier molecular flexibility index (Phi) is 5.16. The predicted molar refractivity (Wildman–Crippen MR) is 109 cm³/mol. The number of benzene rings is 1. The number of thiophene rings is 1. The number of carbonyl (C=O) groups is 1. The highest BCUT2D eigenvalue weighted by atomic mass is 32.1. The number of methoxy groups -OCH3 is 1. The number of hydrogen-bond acceptors (Lipinski definition) is 3. The summed E-state index contributed by atoms with van der Waals surface area (Å²) in [6.07, 6.45) is 8.85. The van der Waals surface area contributed by atoms with Gasteiger partial charge < -0.3 is 19.9 Å². The molecule has 0 atom stereocenters. The molecular weight excluding hydrogens is 358 g/mol. The first-order valence-electron chi connectivity index (χ1n) is 9.20. The maximum absolute atomic E-state index is 12.4. The Bertz CT molecular complexity index is 931. The van der Waals surface area contributed by atoms with Crippen molar-refractivity contribution in [2.24, 2.45) is 0 Å². The zero-order valence-electron chi connectivity index (χ0n) is 15.3. The summed E-state index contributed by atoms with van der Waals surface area (Å²) in [6, 6.07) is 11.2. The number of anilines is 1. The molecule has 1 aliphatic rings. The van der Waals surface area contributed by atoms with Crippen molar-refractivity contribution in [3.05, 3.63) is 64.8 Å². The molecule has 0 fully saturated rings. The third-order valence-electron chi connectivity index (χ3n) is 4.85. The summed E-state index contributed by atoms with van der Waals surface area (Å²) in [5.41, 5.74) is 3.38. The number of nitrogens with zero attached hydrogens (tertiary/aromatic N) is 1. The Balaban J connectivity index is 1.50. The van der Waals surface area contributed by atoms with E-state index in [1.54, 1.807) is 13.2 Å². The minimum absolute atomic E-state index is 0.211. The lowest BCUT2D eigenvalue weighted by molar-refractivity contribution is 0.251. The van der Waals surface area contributed by atoms with E-state index in [1.165, 1.54) is 33.8 Å². The summed E-state index contributed by atoms with van der Waals surface area (Å²) >= 11 is 1.85. The maximum atomic E-state index is 12.4. The average molecular weight is 382 g/mol. The predicted octanol–water partition coefficient (Wildman–Crippen LogP) is 4.75. The van der Waals surface area contributed by atoms with Gasteiger partial charge in [-0.25, -0.2) is 4.79 Å². The third-order valence-corrected chi connectivity index (χ3v) is 6.20. The molecule has 5 nitrogen and oxygen atoms in total. The molecule has 6 heteroatoms. The molecule has 27 heavy (non-hydrogen) atoms. The van der Waals surface area contributed by atoms with Crippen molar-refractivity contribution < 1.29 is 9.53 Å². The van der Waals surface area contributed by atoms with E-state index in [1.807, 2.05) is 41.7 Å². The molecule has 0 unspecified atom stereocenters. The molecule has 1 aromatic carbocycles. The fourth-order valence-electron chi connectivity index (χ4n) is 3.52. The first-order valence-corrected chi connectivity index (χ1v) is 10.0. The number of hydrogen-bond donors (Lipinski definition) is 2. The standard InChI is InChI=1S/C21H23N3O2S/c1-26-16-8-6-7-15(13-16)23-21(25)22-14-18-17-9-2-3-10-19(17)27-20(18)24-11-4-5-12-24/h4-8,11-13H,2-3,9-10,14H2,1H3,(H2,22,23,25). The Hall–Kier alpha value is -2.73. The van der Waals surface area contributed by atoms with Crippen LogP contribution in [0.3, 0.4) is 0 Å². The number of nitrogens with one attached hydrogen (secondary N) is 2. The second kappa shape index (κ2) is 7.88. The smallest absolute Gasteiger partial charge is 0.319 e. The number of rotatable bonds is 5. The summed E-state index contributed by atoms with van der Waals surface area (Å²) in [5, 5.41) is 7.12. The van der Waals surface area contributed by atoms with Gasteiger partial charge in [0.05, 0.1) is 7.11 Å². The van der Waals surface area contributed by atoms with Crippen molar-refractivity contribution in [3.63, 3.8) is 0 Å². The van der Waals surface area contributed by atoms with Gasteiger partial charge in [0.25, 0.3) is 0 Å². The van der Waals surface area contributed by atoms with Crippen molar-refractivity contribution in [2.45, 2.75) is 32.2 Å². The number of aromatic nitrogens is 1. The molecule has 0 saturated carbocycles. The fraction of sp³-hybridized carbons (Fsp3) is 0.286. The van der Waals surface area contributed by atoms with E-state index in [9.17, 15) is 4.79 Å². The second-order valence-electron chi connectivity index (χ2n) is 6.62. The number of aryl methyl sites for hydroxylation is 1. The van der Waals surface area contributed by atoms with E-state index in [0.717, 1.165) is 18.6 Å². The Morgan fingerprint density at radius 3 is 2.81 bits per heavy atom. The van der Waals surface area contributed by atoms with Crippen molar-refractivity contribution in [3.8, 4) is 10.8 Å². The monoisotopic (exact) mass is 381 g/mol. The minimum Gasteiger partial charge on any atom is -0.497 e. The van der Waals surface area contributed by atoms with Crippen molar-refractivity contribution >= 4 is 23.1 Å². The second-order valence-corrected chi connectivity index (χ2v) is 7.71. The molecule has 4 rings (SSSR count). The molecule has 0 bridgehead atoms. The SMILES string of the molecule is COc1cccc(NC(=O)NCc2c(-n3cccc3)sc3c2CCCC3)c1. The van der Waals surface area contributed by atoms with Gasteiger partial charge in [-0.15, -0.1) is 11.3 Å². The van der Waals surface area contributed by atoms with Gasteiger partial charge in [-0.3, -0.25) is 0 Å². The molecule has 2 amide bonds. The van der Waals surface area contributed by atoms with Crippen LogP contribution in [0.25, 0.3) is 5.00 Å². The van der Waals surface area contributed by atoms with Gasteiger partial charge in [0.2, 0.25) is 0 Å². The van der Waals surface area contributed by atoms with E-state index in [-0.39, 0.29) is 6.03 Å². The quantitative estimate of drug-likeness (QED) is 0.670. The van der Waals surface area contributed by atoms with Crippen molar-refractivity contribution in [1.82, 2.24) is 9.88 Å². The Morgan fingerprint density at radius 2 is 2.00 bits per heavy atom. The van der Waals surface area contributed by atoms with Crippen LogP contribution in [0.15, 0.2) is 48.8 Å². The lowest BCUT2D eigenvalue weighted by atomic mass is 9.95. The Labute approximate surface area is 163 Å². The molecule has 3 aromatic rings. The van der Waals surface area contributed by atoms with Crippen LogP contribution in [0.1, 0.15) is 28.8 Å². The largest absolute Gasteiger partial charge is 0.497 e. The highest BCUT2D eigenvalue weighted by molar-refractivity contribution is 7.14. The van der Waals surface area contributed by atoms with Gasteiger partial charge in [-0.1, -0.05) is 6.07 Å². The summed E-state index contributed by atoms with van der Waals surface area (Å²) < 4.78 is 7.35. The maximum Gasteiger partial charge on any atom is 0.319 e. The van der Waals surface area contributed by atoms with E-state index >= 15 is 0 Å². The molecular formula is C21H23N3O2S. The summed E-state index contributed by atoms with van der Waals surface area (Å²) in [5.74, 6) is 0.717. The number of ether oxygens (including phenoxy) is 1.